The summed E-state index contributed by atoms with van der Waals surface area (Å²) in [4.78, 5) is 6.63. The van der Waals surface area contributed by atoms with E-state index in [1.54, 1.807) is 0 Å². The lowest BCUT2D eigenvalue weighted by atomic mass is 10.1. The first-order valence-electron chi connectivity index (χ1n) is 5.34. The Morgan fingerprint density at radius 2 is 2.07 bits per heavy atom. The standard InChI is InChI=1S/C10H14N2.C2H6/c1-7-4-10-8(2)12(3)6-9(10)5-11-7;1-2/h4-5,8H,6H2,1-3H3;1-2H3. The molecule has 0 N–H and O–H groups in total. The van der Waals surface area contributed by atoms with E-state index in [1.807, 2.05) is 27.0 Å². The number of nitrogens with zero attached hydrogens (tertiary/aromatic N) is 2. The Balaban J connectivity index is 0.000000461. The molecule has 2 heterocycles. The topological polar surface area (TPSA) is 16.1 Å². The molecule has 0 saturated carbocycles. The minimum Gasteiger partial charge on any atom is -0.295 e. The van der Waals surface area contributed by atoms with Gasteiger partial charge in [0.15, 0.2) is 0 Å². The van der Waals surface area contributed by atoms with Gasteiger partial charge in [0.25, 0.3) is 0 Å². The largest absolute Gasteiger partial charge is 0.295 e. The van der Waals surface area contributed by atoms with Gasteiger partial charge < -0.3 is 0 Å². The van der Waals surface area contributed by atoms with Crippen LogP contribution in [0.2, 0.25) is 0 Å². The highest BCUT2D eigenvalue weighted by Gasteiger charge is 2.23. The molecule has 2 rings (SSSR count). The normalized spacial score (nSPS) is 19.9. The maximum Gasteiger partial charge on any atom is 0.0376 e. The zero-order chi connectivity index (χ0) is 10.7. The summed E-state index contributed by atoms with van der Waals surface area (Å²) in [6.45, 7) is 9.33. The Morgan fingerprint density at radius 3 is 2.71 bits per heavy atom. The van der Waals surface area contributed by atoms with Gasteiger partial charge in [-0.25, -0.2) is 0 Å². The first-order valence-corrected chi connectivity index (χ1v) is 5.34. The number of aryl methyl sites for hydroxylation is 1. The summed E-state index contributed by atoms with van der Waals surface area (Å²) in [5.41, 5.74) is 3.96. The van der Waals surface area contributed by atoms with E-state index in [2.05, 4.69) is 29.9 Å². The van der Waals surface area contributed by atoms with Crippen molar-refractivity contribution in [2.75, 3.05) is 7.05 Å². The van der Waals surface area contributed by atoms with Gasteiger partial charge >= 0.3 is 0 Å². The molecule has 0 aliphatic carbocycles. The first kappa shape index (κ1) is 11.2. The number of hydrogen-bond acceptors (Lipinski definition) is 2. The molecule has 0 saturated heterocycles. The van der Waals surface area contributed by atoms with Crippen LogP contribution in [0.3, 0.4) is 0 Å². The fraction of sp³-hybridized carbons (Fsp3) is 0.583. The van der Waals surface area contributed by atoms with Crippen LogP contribution in [-0.2, 0) is 6.54 Å². The third-order valence-corrected chi connectivity index (χ3v) is 2.69. The number of hydrogen-bond donors (Lipinski definition) is 0. The van der Waals surface area contributed by atoms with Crippen molar-refractivity contribution in [1.82, 2.24) is 9.88 Å². The molecule has 1 aliphatic heterocycles. The first-order chi connectivity index (χ1) is 6.68. The van der Waals surface area contributed by atoms with Crippen molar-refractivity contribution in [3.63, 3.8) is 0 Å². The molecule has 2 heteroatoms. The molecule has 78 valence electrons. The van der Waals surface area contributed by atoms with Crippen molar-refractivity contribution < 1.29 is 0 Å². The maximum atomic E-state index is 4.29. The van der Waals surface area contributed by atoms with Crippen LogP contribution in [0.15, 0.2) is 12.3 Å². The van der Waals surface area contributed by atoms with Gasteiger partial charge in [-0.3, -0.25) is 9.88 Å². The molecular formula is C12H20N2. The second kappa shape index (κ2) is 4.56. The third kappa shape index (κ3) is 1.95. The number of rotatable bonds is 0. The van der Waals surface area contributed by atoms with E-state index in [-0.39, 0.29) is 0 Å². The fourth-order valence-corrected chi connectivity index (χ4v) is 1.77. The van der Waals surface area contributed by atoms with Gasteiger partial charge in [-0.15, -0.1) is 0 Å². The van der Waals surface area contributed by atoms with Crippen LogP contribution in [0.5, 0.6) is 0 Å². The smallest absolute Gasteiger partial charge is 0.0376 e. The molecule has 0 radical (unpaired) electrons. The van der Waals surface area contributed by atoms with Crippen molar-refractivity contribution in [2.45, 2.75) is 40.3 Å². The summed E-state index contributed by atoms with van der Waals surface area (Å²) in [6.07, 6.45) is 2.00. The molecule has 1 aliphatic rings. The van der Waals surface area contributed by atoms with Crippen molar-refractivity contribution >= 4 is 0 Å². The van der Waals surface area contributed by atoms with E-state index in [1.165, 1.54) is 11.1 Å². The van der Waals surface area contributed by atoms with Crippen LogP contribution in [0, 0.1) is 6.92 Å². The number of pyridine rings is 1. The maximum absolute atomic E-state index is 4.29. The Morgan fingerprint density at radius 1 is 1.43 bits per heavy atom. The highest BCUT2D eigenvalue weighted by Crippen LogP contribution is 2.31. The average molecular weight is 192 g/mol. The van der Waals surface area contributed by atoms with Crippen LogP contribution in [0.1, 0.15) is 43.6 Å². The van der Waals surface area contributed by atoms with Crippen molar-refractivity contribution in [2.24, 2.45) is 0 Å². The van der Waals surface area contributed by atoms with E-state index < -0.39 is 0 Å². The van der Waals surface area contributed by atoms with Crippen molar-refractivity contribution in [3.8, 4) is 0 Å². The fourth-order valence-electron chi connectivity index (χ4n) is 1.77. The van der Waals surface area contributed by atoms with E-state index in [0.29, 0.717) is 6.04 Å². The van der Waals surface area contributed by atoms with Crippen molar-refractivity contribution in [1.29, 1.82) is 0 Å². The number of fused-ring (bicyclic) bond motifs is 1. The van der Waals surface area contributed by atoms with Crippen LogP contribution in [0.4, 0.5) is 0 Å². The van der Waals surface area contributed by atoms with E-state index >= 15 is 0 Å². The minimum absolute atomic E-state index is 0.557. The Hall–Kier alpha value is -0.890. The quantitative estimate of drug-likeness (QED) is 0.628. The van der Waals surface area contributed by atoms with Gasteiger partial charge in [-0.2, -0.15) is 0 Å². The van der Waals surface area contributed by atoms with Crippen LogP contribution < -0.4 is 0 Å². The summed E-state index contributed by atoms with van der Waals surface area (Å²) in [7, 11) is 2.15. The van der Waals surface area contributed by atoms with Gasteiger partial charge in [0.05, 0.1) is 0 Å². The zero-order valence-electron chi connectivity index (χ0n) is 9.83. The van der Waals surface area contributed by atoms with Gasteiger partial charge in [0.1, 0.15) is 0 Å². The summed E-state index contributed by atoms with van der Waals surface area (Å²) >= 11 is 0. The van der Waals surface area contributed by atoms with Gasteiger partial charge in [0.2, 0.25) is 0 Å². The molecule has 1 unspecified atom stereocenters. The summed E-state index contributed by atoms with van der Waals surface area (Å²) in [6, 6.07) is 2.76. The van der Waals surface area contributed by atoms with Gasteiger partial charge in [-0.1, -0.05) is 13.8 Å². The van der Waals surface area contributed by atoms with E-state index in [0.717, 1.165) is 12.2 Å². The molecule has 14 heavy (non-hydrogen) atoms. The zero-order valence-corrected chi connectivity index (χ0v) is 9.83. The van der Waals surface area contributed by atoms with E-state index in [9.17, 15) is 0 Å². The summed E-state index contributed by atoms with van der Waals surface area (Å²) < 4.78 is 0. The van der Waals surface area contributed by atoms with Crippen LogP contribution in [-0.4, -0.2) is 16.9 Å². The predicted octanol–water partition coefficient (Wildman–Crippen LogP) is 2.92. The molecule has 2 nitrogen and oxygen atoms in total. The molecule has 1 aromatic heterocycles. The Bertz CT molecular complexity index is 307. The minimum atomic E-state index is 0.557. The lowest BCUT2D eigenvalue weighted by Gasteiger charge is -2.14. The Kier molecular flexibility index (Phi) is 3.64. The van der Waals surface area contributed by atoms with Crippen LogP contribution in [0.25, 0.3) is 0 Å². The molecule has 0 amide bonds. The average Bonchev–Trinajstić information content (AvgIpc) is 2.48. The van der Waals surface area contributed by atoms with Crippen LogP contribution >= 0.6 is 0 Å². The highest BCUT2D eigenvalue weighted by atomic mass is 15.1. The van der Waals surface area contributed by atoms with Crippen molar-refractivity contribution in [3.05, 3.63) is 29.1 Å². The lowest BCUT2D eigenvalue weighted by Crippen LogP contribution is -2.12. The summed E-state index contributed by atoms with van der Waals surface area (Å²) in [5, 5.41) is 0. The molecule has 0 fully saturated rings. The summed E-state index contributed by atoms with van der Waals surface area (Å²) in [5.74, 6) is 0. The molecule has 0 bridgehead atoms. The molecule has 0 spiro atoms. The second-order valence-corrected chi connectivity index (χ2v) is 3.62. The predicted molar refractivity (Wildman–Crippen MR) is 60.2 cm³/mol. The number of aromatic nitrogens is 1. The molecule has 1 aromatic rings. The monoisotopic (exact) mass is 192 g/mol. The molecule has 1 atom stereocenters. The van der Waals surface area contributed by atoms with Gasteiger partial charge in [0, 0.05) is 24.5 Å². The SMILES string of the molecule is CC.Cc1cc2c(cn1)CN(C)C2C. The highest BCUT2D eigenvalue weighted by molar-refractivity contribution is 5.32. The van der Waals surface area contributed by atoms with Gasteiger partial charge in [-0.05, 0) is 38.1 Å². The lowest BCUT2D eigenvalue weighted by molar-refractivity contribution is 0.286. The van der Waals surface area contributed by atoms with E-state index in [4.69, 9.17) is 0 Å². The third-order valence-electron chi connectivity index (χ3n) is 2.69. The second-order valence-electron chi connectivity index (χ2n) is 3.62. The molecular weight excluding hydrogens is 172 g/mol. The molecule has 0 aromatic carbocycles. The Labute approximate surface area is 87.0 Å².